The Balaban J connectivity index is 1.33. The maximum Gasteiger partial charge on any atom is 0.422 e. The van der Waals surface area contributed by atoms with Crippen molar-refractivity contribution < 1.29 is 37.0 Å². The third-order valence-electron chi connectivity index (χ3n) is 7.48. The molecule has 4 rings (SSSR count). The summed E-state index contributed by atoms with van der Waals surface area (Å²) in [5.41, 5.74) is 3.58. The van der Waals surface area contributed by atoms with Gasteiger partial charge in [0.2, 0.25) is 18.2 Å². The molecule has 2 atom stereocenters. The number of halogens is 4. The third-order valence-corrected chi connectivity index (χ3v) is 7.72. The van der Waals surface area contributed by atoms with E-state index >= 15 is 0 Å². The van der Waals surface area contributed by atoms with Crippen LogP contribution >= 0.6 is 11.6 Å². The average molecular weight is 720 g/mol. The molecule has 1 fully saturated rings. The maximum absolute atomic E-state index is 13.0. The van der Waals surface area contributed by atoms with E-state index in [-0.39, 0.29) is 30.7 Å². The summed E-state index contributed by atoms with van der Waals surface area (Å²) in [6, 6.07) is 5.15. The molecule has 0 saturated heterocycles. The molecule has 1 aliphatic heterocycles. The zero-order chi connectivity index (χ0) is 36.7. The largest absolute Gasteiger partial charge is 0.458 e. The summed E-state index contributed by atoms with van der Waals surface area (Å²) in [7, 11) is 1.68. The number of guanidine groups is 1. The van der Waals surface area contributed by atoms with Gasteiger partial charge in [0.1, 0.15) is 11.6 Å². The summed E-state index contributed by atoms with van der Waals surface area (Å²) in [5.74, 6) is -0.998. The monoisotopic (exact) mass is 719 g/mol. The van der Waals surface area contributed by atoms with Crippen LogP contribution < -0.4 is 21.3 Å². The van der Waals surface area contributed by atoms with Crippen LogP contribution in [-0.4, -0.2) is 84.5 Å². The second-order valence-electron chi connectivity index (χ2n) is 13.0. The number of anilines is 1. The number of amides is 2. The summed E-state index contributed by atoms with van der Waals surface area (Å²) in [5, 5.41) is 12.3. The minimum absolute atomic E-state index is 0.0956. The number of nitrogens with one attached hydrogen (secondary N) is 4. The molecule has 0 spiro atoms. The van der Waals surface area contributed by atoms with Crippen molar-refractivity contribution in [2.75, 3.05) is 25.5 Å². The van der Waals surface area contributed by atoms with Gasteiger partial charge in [0.15, 0.2) is 6.61 Å². The van der Waals surface area contributed by atoms with E-state index in [1.807, 2.05) is 6.08 Å². The average Bonchev–Trinajstić information content (AvgIpc) is 3.84. The summed E-state index contributed by atoms with van der Waals surface area (Å²) in [6.45, 7) is 5.41. The number of hydrogen-bond acceptors (Lipinski definition) is 10. The zero-order valence-corrected chi connectivity index (χ0v) is 29.2. The van der Waals surface area contributed by atoms with Crippen LogP contribution in [0.2, 0.25) is 0 Å². The zero-order valence-electron chi connectivity index (χ0n) is 28.4. The van der Waals surface area contributed by atoms with Crippen LogP contribution in [0.5, 0.6) is 0 Å². The van der Waals surface area contributed by atoms with Gasteiger partial charge in [-0.15, -0.1) is 5.73 Å². The van der Waals surface area contributed by atoms with Crippen LogP contribution in [-0.2, 0) is 19.1 Å². The Labute approximate surface area is 293 Å². The van der Waals surface area contributed by atoms with E-state index in [9.17, 15) is 27.6 Å². The minimum atomic E-state index is -4.59. The Bertz CT molecular complexity index is 1640. The number of hydrogen-bond donors (Lipinski definition) is 4. The Morgan fingerprint density at radius 2 is 1.82 bits per heavy atom. The van der Waals surface area contributed by atoms with E-state index in [4.69, 9.17) is 21.1 Å². The fourth-order valence-corrected chi connectivity index (χ4v) is 4.87. The summed E-state index contributed by atoms with van der Waals surface area (Å²) >= 11 is 6.11. The van der Waals surface area contributed by atoms with E-state index in [0.29, 0.717) is 22.7 Å². The number of alkyl halides is 3. The van der Waals surface area contributed by atoms with Crippen LogP contribution in [0.1, 0.15) is 63.7 Å². The highest BCUT2D eigenvalue weighted by Gasteiger charge is 2.47. The fourth-order valence-electron chi connectivity index (χ4n) is 4.75. The fraction of sp³-hybridized carbons (Fsp3) is 0.471. The van der Waals surface area contributed by atoms with Crippen molar-refractivity contribution in [1.82, 2.24) is 20.9 Å². The Kier molecular flexibility index (Phi) is 12.1. The lowest BCUT2D eigenvalue weighted by molar-refractivity contribution is -0.158. The minimum Gasteiger partial charge on any atom is -0.458 e. The van der Waals surface area contributed by atoms with Crippen LogP contribution in [0, 0.1) is 0 Å². The quantitative estimate of drug-likeness (QED) is 0.136. The molecule has 16 heteroatoms. The first kappa shape index (κ1) is 38.1. The highest BCUT2D eigenvalue weighted by Crippen LogP contribution is 2.43. The third kappa shape index (κ3) is 11.4. The molecule has 4 N–H and O–H groups in total. The lowest BCUT2D eigenvalue weighted by Gasteiger charge is -2.34. The van der Waals surface area contributed by atoms with Crippen molar-refractivity contribution in [1.29, 1.82) is 0 Å². The molecule has 1 aromatic carbocycles. The van der Waals surface area contributed by atoms with Gasteiger partial charge in [0.25, 0.3) is 5.91 Å². The van der Waals surface area contributed by atoms with Crippen molar-refractivity contribution in [3.63, 3.8) is 0 Å². The van der Waals surface area contributed by atoms with Crippen LogP contribution in [0.3, 0.4) is 0 Å². The topological polar surface area (TPSA) is 146 Å². The number of amidine groups is 1. The number of ether oxygens (including phenoxy) is 2. The first-order valence-electron chi connectivity index (χ1n) is 16.0. The number of carbonyl (C=O) groups excluding carboxylic acids is 3. The molecule has 2 unspecified atom stereocenters. The van der Waals surface area contributed by atoms with Crippen molar-refractivity contribution in [2.24, 2.45) is 9.98 Å². The molecule has 1 aromatic rings. The number of carbonyl (C=O) groups is 3. The predicted molar refractivity (Wildman–Crippen MR) is 183 cm³/mol. The first-order chi connectivity index (χ1) is 23.4. The van der Waals surface area contributed by atoms with Crippen molar-refractivity contribution in [2.45, 2.75) is 83.0 Å². The lowest BCUT2D eigenvalue weighted by Crippen LogP contribution is -2.54. The number of rotatable bonds is 12. The van der Waals surface area contributed by atoms with Crippen LogP contribution in [0.15, 0.2) is 74.9 Å². The highest BCUT2D eigenvalue weighted by atomic mass is 35.5. The maximum atomic E-state index is 13.0. The first-order valence-corrected chi connectivity index (χ1v) is 16.4. The van der Waals surface area contributed by atoms with Crippen LogP contribution in [0.4, 0.5) is 18.9 Å². The van der Waals surface area contributed by atoms with Crippen LogP contribution in [0.25, 0.3) is 0 Å². The smallest absolute Gasteiger partial charge is 0.422 e. The summed E-state index contributed by atoms with van der Waals surface area (Å²) in [4.78, 5) is 47.1. The normalized spacial score (nSPS) is 18.7. The molecule has 1 saturated carbocycles. The second kappa shape index (κ2) is 15.9. The van der Waals surface area contributed by atoms with Gasteiger partial charge in [-0.3, -0.25) is 9.59 Å². The Morgan fingerprint density at radius 1 is 1.12 bits per heavy atom. The van der Waals surface area contributed by atoms with Gasteiger partial charge in [-0.05, 0) is 95.0 Å². The molecular formula is C34H41ClF3N7O5. The number of nitrogens with zero attached hydrogens (tertiary/aromatic N) is 3. The molecule has 0 aromatic heterocycles. The van der Waals surface area contributed by atoms with Crippen molar-refractivity contribution in [3.05, 3.63) is 70.5 Å². The number of aliphatic imine (C=N–C) groups is 2. The van der Waals surface area contributed by atoms with Gasteiger partial charge in [-0.2, -0.15) is 23.2 Å². The van der Waals surface area contributed by atoms with Gasteiger partial charge in [0.05, 0.1) is 5.54 Å². The van der Waals surface area contributed by atoms with Crippen molar-refractivity contribution >= 4 is 47.1 Å². The van der Waals surface area contributed by atoms with E-state index in [2.05, 4.69) is 37.0 Å². The molecule has 2 aliphatic carbocycles. The van der Waals surface area contributed by atoms with Gasteiger partial charge in [0, 0.05) is 36.3 Å². The summed E-state index contributed by atoms with van der Waals surface area (Å²) in [6.07, 6.45) is 3.45. The van der Waals surface area contributed by atoms with Gasteiger partial charge in [-0.1, -0.05) is 17.7 Å². The van der Waals surface area contributed by atoms with E-state index in [1.54, 1.807) is 82.1 Å². The molecule has 50 heavy (non-hydrogen) atoms. The molecule has 0 bridgehead atoms. The standard InChI is InChI=1S/C34H41ClF3N7O5/c1-21(28(48)50-32(2,3)4)40-26(46)10-7-19-39-27(47)22-11-15-25(16-12-22)41-29-42-31(49-20-34(36,37)38)43-30(45(29)5)44-33(17-18-33)23-8-6-9-24(35)14-13-23/h8-9,11-16,21,29,41H,7,10,17-20H2,1-5H3,(H,39,47)(H,40,46)(H,42,43,44). The number of benzene rings is 1. The van der Waals surface area contributed by atoms with Gasteiger partial charge >= 0.3 is 18.2 Å². The molecule has 3 aliphatic rings. The Hall–Kier alpha value is -4.75. The predicted octanol–water partition coefficient (Wildman–Crippen LogP) is 4.87. The number of allylic oxidation sites excluding steroid dienone is 3. The molecule has 2 amide bonds. The van der Waals surface area contributed by atoms with E-state index in [1.165, 1.54) is 0 Å². The van der Waals surface area contributed by atoms with Crippen molar-refractivity contribution in [3.8, 4) is 0 Å². The summed E-state index contributed by atoms with van der Waals surface area (Å²) < 4.78 is 49.2. The highest BCUT2D eigenvalue weighted by molar-refractivity contribution is 6.31. The van der Waals surface area contributed by atoms with E-state index < -0.39 is 48.2 Å². The van der Waals surface area contributed by atoms with Gasteiger partial charge in [-0.25, -0.2) is 4.79 Å². The molecule has 270 valence electrons. The van der Waals surface area contributed by atoms with Gasteiger partial charge < -0.3 is 35.6 Å². The molecule has 0 radical (unpaired) electrons. The second-order valence-corrected chi connectivity index (χ2v) is 13.4. The molecule has 1 heterocycles. The molecular weight excluding hydrogens is 679 g/mol. The lowest BCUT2D eigenvalue weighted by atomic mass is 10.0. The van der Waals surface area contributed by atoms with E-state index in [0.717, 1.165) is 18.4 Å². The SMILES string of the molecule is CC(NC(=O)CCCNC(=O)c1ccc(NC2N=C(OCC(F)(F)F)N=C(NC3(C4=CC=C(Cl)C=C=C4)CC3)N2C)cc1)C(=O)OC(C)(C)C. The molecule has 12 nitrogen and oxygen atoms in total. The number of esters is 1. The Morgan fingerprint density at radius 3 is 2.46 bits per heavy atom.